The lowest BCUT2D eigenvalue weighted by atomic mass is 10.1. The van der Waals surface area contributed by atoms with Gasteiger partial charge in [-0.05, 0) is 94.0 Å². The van der Waals surface area contributed by atoms with Crippen LogP contribution in [0.3, 0.4) is 0 Å². The molecule has 3 aromatic rings. The van der Waals surface area contributed by atoms with Crippen molar-refractivity contribution in [3.05, 3.63) is 57.7 Å². The predicted octanol–water partition coefficient (Wildman–Crippen LogP) is 5.66. The number of halogens is 1. The fraction of sp³-hybridized carbons (Fsp3) is 0.360. The fourth-order valence-corrected chi connectivity index (χ4v) is 5.21. The summed E-state index contributed by atoms with van der Waals surface area (Å²) in [6.45, 7) is 10.3. The van der Waals surface area contributed by atoms with E-state index in [-0.39, 0.29) is 6.04 Å². The Balaban J connectivity index is 1.53. The van der Waals surface area contributed by atoms with E-state index in [1.54, 1.807) is 12.1 Å². The molecule has 0 bridgehead atoms. The van der Waals surface area contributed by atoms with Gasteiger partial charge in [0.1, 0.15) is 10.8 Å². The van der Waals surface area contributed by atoms with E-state index in [1.807, 2.05) is 46.8 Å². The van der Waals surface area contributed by atoms with E-state index in [2.05, 4.69) is 30.0 Å². The lowest BCUT2D eigenvalue weighted by Crippen LogP contribution is -2.32. The second kappa shape index (κ2) is 10.5. The molecule has 1 aliphatic rings. The first-order chi connectivity index (χ1) is 17.1. The van der Waals surface area contributed by atoms with Crippen LogP contribution in [0.5, 0.6) is 5.75 Å². The number of anilines is 5. The van der Waals surface area contributed by atoms with E-state index in [0.29, 0.717) is 29.1 Å². The van der Waals surface area contributed by atoms with Crippen molar-refractivity contribution in [1.82, 2.24) is 14.7 Å². The van der Waals surface area contributed by atoms with Gasteiger partial charge in [0.15, 0.2) is 5.82 Å². The van der Waals surface area contributed by atoms with Gasteiger partial charge in [-0.15, -0.1) is 0 Å². The second-order valence-electron chi connectivity index (χ2n) is 8.92. The van der Waals surface area contributed by atoms with Crippen LogP contribution in [0.4, 0.5) is 28.8 Å². The summed E-state index contributed by atoms with van der Waals surface area (Å²) in [5, 5.41) is 6.84. The maximum Gasteiger partial charge on any atom is 0.299 e. The molecule has 0 aliphatic heterocycles. The van der Waals surface area contributed by atoms with Gasteiger partial charge in [-0.25, -0.2) is 4.98 Å². The van der Waals surface area contributed by atoms with Crippen LogP contribution < -0.4 is 24.8 Å². The largest absolute Gasteiger partial charge is 0.493 e. The summed E-state index contributed by atoms with van der Waals surface area (Å²) in [7, 11) is -3.62. The van der Waals surface area contributed by atoms with Crippen molar-refractivity contribution in [3.8, 4) is 5.75 Å². The fourth-order valence-electron chi connectivity index (χ4n) is 3.83. The molecule has 2 aromatic carbocycles. The average molecular weight is 531 g/mol. The predicted molar refractivity (Wildman–Crippen MR) is 145 cm³/mol. The first kappa shape index (κ1) is 26.0. The molecule has 4 N–H and O–H groups in total. The maximum absolute atomic E-state index is 12.3. The highest BCUT2D eigenvalue weighted by molar-refractivity contribution is 7.90. The average Bonchev–Trinajstić information content (AvgIpc) is 3.61. The summed E-state index contributed by atoms with van der Waals surface area (Å²) in [6, 6.07) is 7.50. The third kappa shape index (κ3) is 6.18. The van der Waals surface area contributed by atoms with Crippen molar-refractivity contribution in [1.29, 1.82) is 0 Å². The highest BCUT2D eigenvalue weighted by atomic mass is 35.5. The highest BCUT2D eigenvalue weighted by Gasteiger charge is 2.27. The van der Waals surface area contributed by atoms with Crippen LogP contribution in [0.2, 0.25) is 5.02 Å². The van der Waals surface area contributed by atoms with E-state index in [0.717, 1.165) is 52.2 Å². The smallest absolute Gasteiger partial charge is 0.299 e. The van der Waals surface area contributed by atoms with E-state index in [1.165, 1.54) is 6.20 Å². The van der Waals surface area contributed by atoms with Gasteiger partial charge < -0.3 is 15.4 Å². The van der Waals surface area contributed by atoms with Gasteiger partial charge in [-0.1, -0.05) is 11.6 Å². The van der Waals surface area contributed by atoms with Gasteiger partial charge in [0.2, 0.25) is 5.95 Å². The van der Waals surface area contributed by atoms with Crippen molar-refractivity contribution in [2.75, 3.05) is 22.0 Å². The molecule has 1 aromatic heterocycles. The van der Waals surface area contributed by atoms with E-state index in [4.69, 9.17) is 16.3 Å². The number of hydrogen-bond donors (Lipinski definition) is 4. The number of aryl methyl sites for hydroxylation is 2. The molecule has 1 heterocycles. The molecule has 9 nitrogen and oxygen atoms in total. The molecule has 0 saturated heterocycles. The monoisotopic (exact) mass is 530 g/mol. The minimum atomic E-state index is -3.62. The van der Waals surface area contributed by atoms with Crippen molar-refractivity contribution in [3.63, 3.8) is 0 Å². The van der Waals surface area contributed by atoms with Gasteiger partial charge in [0.25, 0.3) is 10.2 Å². The normalized spacial score (nSPS) is 13.4. The van der Waals surface area contributed by atoms with E-state index < -0.39 is 10.2 Å². The summed E-state index contributed by atoms with van der Waals surface area (Å²) in [5.74, 6) is 1.69. The molecule has 0 spiro atoms. The standard InChI is InChI=1S/C25H31ClN6O3S/c1-6-35-23-14(2)11-19(12-15(23)3)28-25-27-13-20(26)24(30-25)29-21-9-10-22(17(5)16(21)4)32-36(33,34)31-18-7-8-18/h9-13,18,31-32H,6-8H2,1-5H3,(H2,27,28,29,30). The first-order valence-electron chi connectivity index (χ1n) is 11.8. The maximum atomic E-state index is 12.3. The Morgan fingerprint density at radius 3 is 2.31 bits per heavy atom. The third-order valence-electron chi connectivity index (χ3n) is 5.93. The summed E-state index contributed by atoms with van der Waals surface area (Å²) in [4.78, 5) is 8.86. The summed E-state index contributed by atoms with van der Waals surface area (Å²) < 4.78 is 35.6. The van der Waals surface area contributed by atoms with Gasteiger partial charge in [-0.2, -0.15) is 18.1 Å². The Morgan fingerprint density at radius 2 is 1.67 bits per heavy atom. The van der Waals surface area contributed by atoms with Gasteiger partial charge in [0, 0.05) is 17.4 Å². The molecule has 4 rings (SSSR count). The molecule has 11 heteroatoms. The van der Waals surface area contributed by atoms with Gasteiger partial charge in [0.05, 0.1) is 18.5 Å². The van der Waals surface area contributed by atoms with E-state index >= 15 is 0 Å². The molecule has 0 radical (unpaired) electrons. The topological polar surface area (TPSA) is 117 Å². The van der Waals surface area contributed by atoms with Crippen LogP contribution >= 0.6 is 11.6 Å². The van der Waals surface area contributed by atoms with E-state index in [9.17, 15) is 8.42 Å². The Morgan fingerprint density at radius 1 is 1.03 bits per heavy atom. The molecular formula is C25H31ClN6O3S. The molecule has 192 valence electrons. The summed E-state index contributed by atoms with van der Waals surface area (Å²) in [5.41, 5.74) is 5.80. The molecular weight excluding hydrogens is 500 g/mol. The molecule has 0 atom stereocenters. The molecule has 36 heavy (non-hydrogen) atoms. The number of ether oxygens (including phenoxy) is 1. The number of hydrogen-bond acceptors (Lipinski definition) is 7. The Kier molecular flexibility index (Phi) is 7.58. The van der Waals surface area contributed by atoms with Crippen LogP contribution in [0.15, 0.2) is 30.5 Å². The van der Waals surface area contributed by atoms with Crippen molar-refractivity contribution < 1.29 is 13.2 Å². The zero-order chi connectivity index (χ0) is 26.0. The number of rotatable bonds is 10. The molecule has 1 fully saturated rings. The minimum absolute atomic E-state index is 0.0306. The zero-order valence-electron chi connectivity index (χ0n) is 21.0. The number of nitrogens with zero attached hydrogens (tertiary/aromatic N) is 2. The Labute approximate surface area is 217 Å². The quantitative estimate of drug-likeness (QED) is 0.267. The molecule has 0 amide bonds. The van der Waals surface area contributed by atoms with Crippen LogP contribution in [0, 0.1) is 27.7 Å². The lowest BCUT2D eigenvalue weighted by molar-refractivity contribution is 0.335. The summed E-state index contributed by atoms with van der Waals surface area (Å²) >= 11 is 6.39. The van der Waals surface area contributed by atoms with Crippen LogP contribution in [0.25, 0.3) is 0 Å². The summed E-state index contributed by atoms with van der Waals surface area (Å²) in [6.07, 6.45) is 3.27. The third-order valence-corrected chi connectivity index (χ3v) is 7.34. The number of aromatic nitrogens is 2. The highest BCUT2D eigenvalue weighted by Crippen LogP contribution is 2.32. The van der Waals surface area contributed by atoms with Crippen LogP contribution in [-0.2, 0) is 10.2 Å². The first-order valence-corrected chi connectivity index (χ1v) is 13.6. The van der Waals surface area contributed by atoms with Gasteiger partial charge >= 0.3 is 0 Å². The molecule has 1 saturated carbocycles. The molecule has 0 unspecified atom stereocenters. The second-order valence-corrected chi connectivity index (χ2v) is 10.8. The zero-order valence-corrected chi connectivity index (χ0v) is 22.6. The van der Waals surface area contributed by atoms with Gasteiger partial charge in [-0.3, -0.25) is 4.72 Å². The Bertz CT molecular complexity index is 1370. The van der Waals surface area contributed by atoms with Crippen molar-refractivity contribution >= 4 is 50.6 Å². The lowest BCUT2D eigenvalue weighted by Gasteiger charge is -2.17. The SMILES string of the molecule is CCOc1c(C)cc(Nc2ncc(Cl)c(Nc3ccc(NS(=O)(=O)NC4CC4)c(C)c3C)n2)cc1C. The van der Waals surface area contributed by atoms with Crippen molar-refractivity contribution in [2.24, 2.45) is 0 Å². The number of benzene rings is 2. The Hall–Kier alpha value is -3.08. The number of nitrogens with one attached hydrogen (secondary N) is 4. The van der Waals surface area contributed by atoms with Crippen molar-refractivity contribution in [2.45, 2.75) is 53.5 Å². The van der Waals surface area contributed by atoms with Crippen LogP contribution in [-0.4, -0.2) is 31.0 Å². The molecule has 1 aliphatic carbocycles. The minimum Gasteiger partial charge on any atom is -0.493 e. The van der Waals surface area contributed by atoms with Crippen LogP contribution in [0.1, 0.15) is 42.0 Å².